The number of benzene rings is 1. The van der Waals surface area contributed by atoms with Crippen molar-refractivity contribution in [1.82, 2.24) is 9.97 Å². The summed E-state index contributed by atoms with van der Waals surface area (Å²) in [6, 6.07) is 3.21. The second-order valence-electron chi connectivity index (χ2n) is 3.12. The Hall–Kier alpha value is -2.05. The lowest BCUT2D eigenvalue weighted by Gasteiger charge is -2.09. The van der Waals surface area contributed by atoms with E-state index in [1.165, 1.54) is 0 Å². The summed E-state index contributed by atoms with van der Waals surface area (Å²) in [6.07, 6.45) is -4.70. The molecule has 1 aromatic carbocycles. The van der Waals surface area contributed by atoms with Crippen molar-refractivity contribution in [3.8, 4) is 5.75 Å². The number of hydrogen-bond acceptors (Lipinski definition) is 3. The third-order valence-corrected chi connectivity index (χ3v) is 1.99. The number of alkyl halides is 3. The number of aromatic amines is 1. The fraction of sp³-hybridized carbons (Fsp3) is 0.111. The van der Waals surface area contributed by atoms with Crippen LogP contribution < -0.4 is 5.69 Å². The topological polar surface area (TPSA) is 66.0 Å². The summed E-state index contributed by atoms with van der Waals surface area (Å²) in [6.45, 7) is 0. The lowest BCUT2D eigenvalue weighted by molar-refractivity contribution is -0.140. The van der Waals surface area contributed by atoms with Gasteiger partial charge in [-0.1, -0.05) is 0 Å². The summed E-state index contributed by atoms with van der Waals surface area (Å²) >= 11 is 0. The number of fused-ring (bicyclic) bond motifs is 1. The van der Waals surface area contributed by atoms with E-state index in [0.717, 1.165) is 18.2 Å². The highest BCUT2D eigenvalue weighted by Crippen LogP contribution is 2.32. The number of aromatic nitrogens is 2. The summed E-state index contributed by atoms with van der Waals surface area (Å²) in [7, 11) is 0. The van der Waals surface area contributed by atoms with Crippen molar-refractivity contribution < 1.29 is 18.3 Å². The van der Waals surface area contributed by atoms with E-state index < -0.39 is 17.6 Å². The molecule has 2 N–H and O–H groups in total. The molecule has 1 heterocycles. The van der Waals surface area contributed by atoms with Crippen LogP contribution in [-0.4, -0.2) is 15.1 Å². The van der Waals surface area contributed by atoms with E-state index in [2.05, 4.69) is 4.98 Å². The quantitative estimate of drug-likeness (QED) is 0.723. The molecular formula is C9H5F3N2O2. The smallest absolute Gasteiger partial charge is 0.432 e. The standard InChI is InChI=1S/C9H5F3N2O2/c10-9(11,12)7-5-3-4(15)1-2-6(5)13-8(16)14-7/h1-3,15H,(H,13,14,16). The maximum atomic E-state index is 12.5. The summed E-state index contributed by atoms with van der Waals surface area (Å²) in [4.78, 5) is 15.9. The predicted octanol–water partition coefficient (Wildman–Crippen LogP) is 1.65. The second kappa shape index (κ2) is 3.22. The molecule has 0 saturated heterocycles. The predicted molar refractivity (Wildman–Crippen MR) is 49.0 cm³/mol. The van der Waals surface area contributed by atoms with Crippen molar-refractivity contribution in [3.05, 3.63) is 34.4 Å². The van der Waals surface area contributed by atoms with Crippen LogP contribution in [0.1, 0.15) is 5.69 Å². The van der Waals surface area contributed by atoms with Gasteiger partial charge in [-0.3, -0.25) is 0 Å². The van der Waals surface area contributed by atoms with Crippen LogP contribution in [0, 0.1) is 0 Å². The lowest BCUT2D eigenvalue weighted by atomic mass is 10.1. The Morgan fingerprint density at radius 2 is 2.00 bits per heavy atom. The van der Waals surface area contributed by atoms with Gasteiger partial charge in [0, 0.05) is 5.39 Å². The van der Waals surface area contributed by atoms with E-state index in [9.17, 15) is 18.0 Å². The summed E-state index contributed by atoms with van der Waals surface area (Å²) < 4.78 is 37.6. The Labute approximate surface area is 86.4 Å². The molecule has 0 aliphatic heterocycles. The van der Waals surface area contributed by atoms with Crippen LogP contribution >= 0.6 is 0 Å². The molecule has 0 spiro atoms. The van der Waals surface area contributed by atoms with E-state index in [4.69, 9.17) is 5.11 Å². The zero-order chi connectivity index (χ0) is 11.9. The maximum Gasteiger partial charge on any atom is 0.432 e. The first-order valence-electron chi connectivity index (χ1n) is 4.18. The molecule has 0 aliphatic carbocycles. The van der Waals surface area contributed by atoms with Crippen LogP contribution in [0.2, 0.25) is 0 Å². The summed E-state index contributed by atoms with van der Waals surface area (Å²) in [5.41, 5.74) is -2.40. The van der Waals surface area contributed by atoms with Gasteiger partial charge in [0.2, 0.25) is 0 Å². The number of aromatic hydroxyl groups is 1. The fourth-order valence-corrected chi connectivity index (χ4v) is 1.36. The van der Waals surface area contributed by atoms with Crippen molar-refractivity contribution in [1.29, 1.82) is 0 Å². The van der Waals surface area contributed by atoms with Gasteiger partial charge in [0.05, 0.1) is 5.52 Å². The fourth-order valence-electron chi connectivity index (χ4n) is 1.36. The number of nitrogens with zero attached hydrogens (tertiary/aromatic N) is 1. The van der Waals surface area contributed by atoms with Crippen molar-refractivity contribution >= 4 is 10.9 Å². The molecule has 1 aromatic heterocycles. The van der Waals surface area contributed by atoms with Crippen LogP contribution in [0.25, 0.3) is 10.9 Å². The average molecular weight is 230 g/mol. The van der Waals surface area contributed by atoms with Gasteiger partial charge in [0.1, 0.15) is 11.4 Å². The van der Waals surface area contributed by atoms with Gasteiger partial charge in [-0.25, -0.2) is 4.79 Å². The summed E-state index contributed by atoms with van der Waals surface area (Å²) in [5.74, 6) is -0.327. The minimum atomic E-state index is -4.70. The monoisotopic (exact) mass is 230 g/mol. The number of halogens is 3. The van der Waals surface area contributed by atoms with Gasteiger partial charge in [-0.15, -0.1) is 0 Å². The number of phenols is 1. The molecule has 0 saturated carbocycles. The third kappa shape index (κ3) is 1.71. The minimum absolute atomic E-state index is 0.117. The van der Waals surface area contributed by atoms with Crippen molar-refractivity contribution in [3.63, 3.8) is 0 Å². The highest BCUT2D eigenvalue weighted by molar-refractivity contribution is 5.82. The molecule has 0 unspecified atom stereocenters. The van der Waals surface area contributed by atoms with E-state index >= 15 is 0 Å². The number of phenolic OH excluding ortho intramolecular Hbond substituents is 1. The number of hydrogen-bond donors (Lipinski definition) is 2. The van der Waals surface area contributed by atoms with Gasteiger partial charge in [-0.2, -0.15) is 18.2 Å². The van der Waals surface area contributed by atoms with Crippen molar-refractivity contribution in [2.75, 3.05) is 0 Å². The van der Waals surface area contributed by atoms with Crippen LogP contribution in [0.15, 0.2) is 23.0 Å². The highest BCUT2D eigenvalue weighted by atomic mass is 19.4. The van der Waals surface area contributed by atoms with Gasteiger partial charge in [0.25, 0.3) is 0 Å². The molecule has 2 aromatic rings. The molecule has 84 valence electrons. The van der Waals surface area contributed by atoms with E-state index in [1.54, 1.807) is 4.98 Å². The van der Waals surface area contributed by atoms with E-state index in [-0.39, 0.29) is 16.7 Å². The first-order valence-corrected chi connectivity index (χ1v) is 4.18. The first kappa shape index (κ1) is 10.5. The van der Waals surface area contributed by atoms with Gasteiger partial charge >= 0.3 is 11.9 Å². The van der Waals surface area contributed by atoms with Crippen molar-refractivity contribution in [2.24, 2.45) is 0 Å². The number of nitrogens with one attached hydrogen (secondary N) is 1. The zero-order valence-corrected chi connectivity index (χ0v) is 7.67. The Balaban J connectivity index is 2.91. The van der Waals surface area contributed by atoms with Crippen LogP contribution in [0.4, 0.5) is 13.2 Å². The molecular weight excluding hydrogens is 225 g/mol. The van der Waals surface area contributed by atoms with Crippen LogP contribution in [0.3, 0.4) is 0 Å². The van der Waals surface area contributed by atoms with Gasteiger partial charge < -0.3 is 10.1 Å². The average Bonchev–Trinajstić information content (AvgIpc) is 2.16. The molecule has 16 heavy (non-hydrogen) atoms. The Morgan fingerprint density at radius 1 is 1.31 bits per heavy atom. The molecule has 0 bridgehead atoms. The minimum Gasteiger partial charge on any atom is -0.508 e. The Kier molecular flexibility index (Phi) is 2.11. The van der Waals surface area contributed by atoms with E-state index in [1.807, 2.05) is 0 Å². The first-order chi connectivity index (χ1) is 7.38. The number of H-pyrrole nitrogens is 1. The highest BCUT2D eigenvalue weighted by Gasteiger charge is 2.34. The summed E-state index contributed by atoms with van der Waals surface area (Å²) in [5, 5.41) is 8.76. The third-order valence-electron chi connectivity index (χ3n) is 1.99. The van der Waals surface area contributed by atoms with Crippen LogP contribution in [0.5, 0.6) is 5.75 Å². The largest absolute Gasteiger partial charge is 0.508 e. The SMILES string of the molecule is O=c1nc2ccc(O)cc2c(C(F)(F)F)[nH]1. The molecule has 0 atom stereocenters. The molecule has 7 heteroatoms. The van der Waals surface area contributed by atoms with Crippen LogP contribution in [-0.2, 0) is 6.18 Å². The normalized spacial score (nSPS) is 11.9. The Morgan fingerprint density at radius 3 is 2.62 bits per heavy atom. The Bertz CT molecular complexity index is 604. The lowest BCUT2D eigenvalue weighted by Crippen LogP contribution is -2.19. The molecule has 0 aliphatic rings. The van der Waals surface area contributed by atoms with Crippen molar-refractivity contribution in [2.45, 2.75) is 6.18 Å². The van der Waals surface area contributed by atoms with E-state index in [0.29, 0.717) is 0 Å². The molecule has 4 nitrogen and oxygen atoms in total. The van der Waals surface area contributed by atoms with Gasteiger partial charge in [-0.05, 0) is 18.2 Å². The second-order valence-corrected chi connectivity index (χ2v) is 3.12. The zero-order valence-electron chi connectivity index (χ0n) is 7.67. The molecule has 0 radical (unpaired) electrons. The molecule has 0 fully saturated rings. The molecule has 0 amide bonds. The molecule has 2 rings (SSSR count). The maximum absolute atomic E-state index is 12.5. The van der Waals surface area contributed by atoms with Gasteiger partial charge in [0.15, 0.2) is 0 Å². The number of rotatable bonds is 0.